The van der Waals surface area contributed by atoms with Crippen LogP contribution in [-0.4, -0.2) is 29.9 Å². The molecule has 0 aliphatic carbocycles. The van der Waals surface area contributed by atoms with Gasteiger partial charge in [0.25, 0.3) is 17.5 Å². The zero-order valence-electron chi connectivity index (χ0n) is 13.2. The number of nitro groups is 1. The Morgan fingerprint density at radius 2 is 2.08 bits per heavy atom. The van der Waals surface area contributed by atoms with Crippen molar-refractivity contribution in [2.75, 3.05) is 18.5 Å². The normalized spacial score (nSPS) is 12.7. The number of ether oxygens (including phenoxy) is 1. The number of carbonyl (C=O) groups excluding carboxylic acids is 2. The summed E-state index contributed by atoms with van der Waals surface area (Å²) < 4.78 is 5.54. The SMILES string of the molecule is O=C(COc1cccc2c1CCNC2=O)Nc1cccc([N+](=O)[O-])c1. The van der Waals surface area contributed by atoms with Gasteiger partial charge in [-0.15, -0.1) is 0 Å². The van der Waals surface area contributed by atoms with E-state index >= 15 is 0 Å². The molecule has 2 aromatic carbocycles. The third kappa shape index (κ3) is 3.74. The van der Waals surface area contributed by atoms with Crippen LogP contribution >= 0.6 is 0 Å². The quantitative estimate of drug-likeness (QED) is 0.637. The molecule has 1 aliphatic heterocycles. The molecular weight excluding hydrogens is 326 g/mol. The minimum atomic E-state index is -0.534. The van der Waals surface area contributed by atoms with Gasteiger partial charge in [0.05, 0.1) is 4.92 Å². The van der Waals surface area contributed by atoms with Crippen LogP contribution < -0.4 is 15.4 Å². The number of anilines is 1. The van der Waals surface area contributed by atoms with Crippen LogP contribution in [0, 0.1) is 10.1 Å². The first-order valence-corrected chi connectivity index (χ1v) is 7.62. The summed E-state index contributed by atoms with van der Waals surface area (Å²) in [6.07, 6.45) is 0.629. The number of non-ortho nitro benzene ring substituents is 1. The molecule has 0 bridgehead atoms. The second-order valence-electron chi connectivity index (χ2n) is 5.43. The predicted octanol–water partition coefficient (Wildman–Crippen LogP) is 1.90. The van der Waals surface area contributed by atoms with Crippen molar-refractivity contribution >= 4 is 23.2 Å². The summed E-state index contributed by atoms with van der Waals surface area (Å²) in [6.45, 7) is 0.257. The number of fused-ring (bicyclic) bond motifs is 1. The van der Waals surface area contributed by atoms with Gasteiger partial charge in [-0.05, 0) is 24.6 Å². The standard InChI is InChI=1S/C17H15N3O5/c21-16(19-11-3-1-4-12(9-11)20(23)24)10-25-15-6-2-5-14-13(15)7-8-18-17(14)22/h1-6,9H,7-8,10H2,(H,18,22)(H,19,21). The lowest BCUT2D eigenvalue weighted by molar-refractivity contribution is -0.384. The number of carbonyl (C=O) groups is 2. The molecular formula is C17H15N3O5. The summed E-state index contributed by atoms with van der Waals surface area (Å²) in [5.74, 6) is -0.118. The van der Waals surface area contributed by atoms with E-state index in [1.54, 1.807) is 24.3 Å². The van der Waals surface area contributed by atoms with E-state index in [2.05, 4.69) is 10.6 Å². The van der Waals surface area contributed by atoms with Crippen molar-refractivity contribution in [3.63, 3.8) is 0 Å². The zero-order valence-corrected chi connectivity index (χ0v) is 13.2. The molecule has 2 amide bonds. The van der Waals surface area contributed by atoms with Gasteiger partial charge in [-0.2, -0.15) is 0 Å². The van der Waals surface area contributed by atoms with E-state index in [0.717, 1.165) is 5.56 Å². The molecule has 8 heteroatoms. The van der Waals surface area contributed by atoms with E-state index in [1.807, 2.05) is 0 Å². The number of amides is 2. The monoisotopic (exact) mass is 341 g/mol. The molecule has 1 aliphatic rings. The average Bonchev–Trinajstić information content (AvgIpc) is 2.60. The van der Waals surface area contributed by atoms with Crippen molar-refractivity contribution in [1.29, 1.82) is 0 Å². The Morgan fingerprint density at radius 3 is 2.88 bits per heavy atom. The van der Waals surface area contributed by atoms with E-state index in [-0.39, 0.29) is 18.2 Å². The largest absolute Gasteiger partial charge is 0.483 e. The van der Waals surface area contributed by atoms with Gasteiger partial charge in [-0.1, -0.05) is 12.1 Å². The molecule has 0 spiro atoms. The van der Waals surface area contributed by atoms with Crippen LogP contribution in [0.1, 0.15) is 15.9 Å². The van der Waals surface area contributed by atoms with Crippen molar-refractivity contribution < 1.29 is 19.2 Å². The Labute approximate surface area is 142 Å². The lowest BCUT2D eigenvalue weighted by Crippen LogP contribution is -2.32. The van der Waals surface area contributed by atoms with Crippen LogP contribution in [0.5, 0.6) is 5.75 Å². The van der Waals surface area contributed by atoms with Gasteiger partial charge in [0.15, 0.2) is 6.61 Å². The molecule has 0 saturated heterocycles. The Kier molecular flexibility index (Phi) is 4.60. The Balaban J connectivity index is 1.65. The van der Waals surface area contributed by atoms with Gasteiger partial charge in [0, 0.05) is 35.5 Å². The second-order valence-corrected chi connectivity index (χ2v) is 5.43. The minimum absolute atomic E-state index is 0.109. The topological polar surface area (TPSA) is 111 Å². The molecule has 8 nitrogen and oxygen atoms in total. The summed E-state index contributed by atoms with van der Waals surface area (Å²) >= 11 is 0. The first-order chi connectivity index (χ1) is 12.0. The third-order valence-electron chi connectivity index (χ3n) is 3.74. The number of rotatable bonds is 5. The maximum Gasteiger partial charge on any atom is 0.271 e. The van der Waals surface area contributed by atoms with Crippen molar-refractivity contribution in [2.24, 2.45) is 0 Å². The number of benzene rings is 2. The average molecular weight is 341 g/mol. The van der Waals surface area contributed by atoms with E-state index < -0.39 is 10.8 Å². The highest BCUT2D eigenvalue weighted by Gasteiger charge is 2.20. The highest BCUT2D eigenvalue weighted by molar-refractivity contribution is 5.97. The summed E-state index contributed by atoms with van der Waals surface area (Å²) in [7, 11) is 0. The lowest BCUT2D eigenvalue weighted by Gasteiger charge is -2.19. The van der Waals surface area contributed by atoms with Crippen molar-refractivity contribution in [1.82, 2.24) is 5.32 Å². The molecule has 0 atom stereocenters. The molecule has 2 N–H and O–H groups in total. The highest BCUT2D eigenvalue weighted by atomic mass is 16.6. The van der Waals surface area contributed by atoms with E-state index in [9.17, 15) is 19.7 Å². The number of hydrogen-bond acceptors (Lipinski definition) is 5. The van der Waals surface area contributed by atoms with Crippen LogP contribution in [0.2, 0.25) is 0 Å². The predicted molar refractivity (Wildman–Crippen MR) is 89.7 cm³/mol. The molecule has 128 valence electrons. The molecule has 0 unspecified atom stereocenters. The fourth-order valence-electron chi connectivity index (χ4n) is 2.61. The fourth-order valence-corrected chi connectivity index (χ4v) is 2.61. The Hall–Kier alpha value is -3.42. The van der Waals surface area contributed by atoms with Crippen LogP contribution in [0.15, 0.2) is 42.5 Å². The lowest BCUT2D eigenvalue weighted by atomic mass is 9.99. The van der Waals surface area contributed by atoms with E-state index in [0.29, 0.717) is 30.0 Å². The van der Waals surface area contributed by atoms with Gasteiger partial charge in [0.2, 0.25) is 0 Å². The van der Waals surface area contributed by atoms with Gasteiger partial charge in [-0.3, -0.25) is 19.7 Å². The summed E-state index contributed by atoms with van der Waals surface area (Å²) in [5.41, 5.74) is 1.52. The summed E-state index contributed by atoms with van der Waals surface area (Å²) in [4.78, 5) is 34.0. The number of nitro benzene ring substituents is 1. The van der Waals surface area contributed by atoms with Crippen LogP contribution in [-0.2, 0) is 11.2 Å². The Morgan fingerprint density at radius 1 is 1.28 bits per heavy atom. The second kappa shape index (κ2) is 7.00. The number of hydrogen-bond donors (Lipinski definition) is 2. The molecule has 2 aromatic rings. The summed E-state index contributed by atoms with van der Waals surface area (Å²) in [5, 5.41) is 16.0. The van der Waals surface area contributed by atoms with E-state index in [4.69, 9.17) is 4.74 Å². The molecule has 0 radical (unpaired) electrons. The van der Waals surface area contributed by atoms with Crippen molar-refractivity contribution in [2.45, 2.75) is 6.42 Å². The molecule has 25 heavy (non-hydrogen) atoms. The Bertz CT molecular complexity index is 850. The summed E-state index contributed by atoms with van der Waals surface area (Å²) in [6, 6.07) is 10.8. The van der Waals surface area contributed by atoms with Gasteiger partial charge < -0.3 is 15.4 Å². The first kappa shape index (κ1) is 16.4. The molecule has 1 heterocycles. The minimum Gasteiger partial charge on any atom is -0.483 e. The van der Waals surface area contributed by atoms with Crippen LogP contribution in [0.25, 0.3) is 0 Å². The van der Waals surface area contributed by atoms with Crippen LogP contribution in [0.4, 0.5) is 11.4 Å². The van der Waals surface area contributed by atoms with Gasteiger partial charge in [0.1, 0.15) is 5.75 Å². The number of nitrogens with one attached hydrogen (secondary N) is 2. The van der Waals surface area contributed by atoms with E-state index in [1.165, 1.54) is 18.2 Å². The maximum atomic E-state index is 12.0. The van der Waals surface area contributed by atoms with Gasteiger partial charge in [-0.25, -0.2) is 0 Å². The van der Waals surface area contributed by atoms with Crippen molar-refractivity contribution in [3.8, 4) is 5.75 Å². The molecule has 0 saturated carbocycles. The smallest absolute Gasteiger partial charge is 0.271 e. The molecule has 0 aromatic heterocycles. The third-order valence-corrected chi connectivity index (χ3v) is 3.74. The zero-order chi connectivity index (χ0) is 17.8. The molecule has 0 fully saturated rings. The maximum absolute atomic E-state index is 12.0. The molecule has 3 rings (SSSR count). The highest BCUT2D eigenvalue weighted by Crippen LogP contribution is 2.25. The number of nitrogens with zero attached hydrogens (tertiary/aromatic N) is 1. The van der Waals surface area contributed by atoms with Crippen molar-refractivity contribution in [3.05, 3.63) is 63.7 Å². The first-order valence-electron chi connectivity index (χ1n) is 7.62. The van der Waals surface area contributed by atoms with Crippen LogP contribution in [0.3, 0.4) is 0 Å². The van der Waals surface area contributed by atoms with Gasteiger partial charge >= 0.3 is 0 Å². The fraction of sp³-hybridized carbons (Fsp3) is 0.176.